The highest BCUT2D eigenvalue weighted by Gasteiger charge is 2.24. The van der Waals surface area contributed by atoms with E-state index in [0.29, 0.717) is 38.6 Å². The van der Waals surface area contributed by atoms with Crippen LogP contribution in [-0.4, -0.2) is 55.9 Å². The van der Waals surface area contributed by atoms with E-state index in [0.717, 1.165) is 42.8 Å². The van der Waals surface area contributed by atoms with Gasteiger partial charge in [0.25, 0.3) is 5.91 Å². The molecular formula is C26H25Cl3N4O5. The van der Waals surface area contributed by atoms with Gasteiger partial charge in [0.05, 0.1) is 16.4 Å². The minimum absolute atomic E-state index is 0.228. The highest BCUT2D eigenvalue weighted by Crippen LogP contribution is 2.33. The number of carboxylic acid groups (broad SMARTS) is 2. The van der Waals surface area contributed by atoms with Crippen LogP contribution in [0.5, 0.6) is 0 Å². The Kier molecular flexibility index (Phi) is 10.3. The third kappa shape index (κ3) is 7.82. The first kappa shape index (κ1) is 29.2. The zero-order chi connectivity index (χ0) is 27.8. The number of amides is 1. The first-order valence-electron chi connectivity index (χ1n) is 11.6. The van der Waals surface area contributed by atoms with Crippen molar-refractivity contribution in [1.82, 2.24) is 20.2 Å². The van der Waals surface area contributed by atoms with Gasteiger partial charge in [-0.3, -0.25) is 10.2 Å². The average Bonchev–Trinajstić information content (AvgIpc) is 3.21. The standard InChI is InChI=1S/C22H21Cl3N4O.C4H4O4/c1-14-20(22(30)27-28-11-3-2-4-12-28)26-29(19-10-9-17(24)13-18(19)25)21(14)15-5-7-16(23)8-6-15;5-3(6)1-2-4(7)8/h5-10,13H,2-4,11-12H2,1H3,(H,27,30);1-2H,(H,5,6)(H,7,8)/b;2-1+. The highest BCUT2D eigenvalue weighted by molar-refractivity contribution is 6.35. The van der Waals surface area contributed by atoms with Crippen molar-refractivity contribution in [3.8, 4) is 16.9 Å². The van der Waals surface area contributed by atoms with E-state index < -0.39 is 11.9 Å². The summed E-state index contributed by atoms with van der Waals surface area (Å²) in [5.41, 5.74) is 6.42. The first-order chi connectivity index (χ1) is 18.1. The minimum Gasteiger partial charge on any atom is -0.478 e. The van der Waals surface area contributed by atoms with E-state index in [1.165, 1.54) is 6.42 Å². The van der Waals surface area contributed by atoms with E-state index in [1.54, 1.807) is 22.9 Å². The summed E-state index contributed by atoms with van der Waals surface area (Å²) >= 11 is 18.6. The lowest BCUT2D eigenvalue weighted by Gasteiger charge is -2.26. The van der Waals surface area contributed by atoms with Crippen LogP contribution in [-0.2, 0) is 9.59 Å². The van der Waals surface area contributed by atoms with Crippen molar-refractivity contribution >= 4 is 52.6 Å². The zero-order valence-electron chi connectivity index (χ0n) is 20.3. The summed E-state index contributed by atoms with van der Waals surface area (Å²) in [7, 11) is 0. The largest absolute Gasteiger partial charge is 0.478 e. The van der Waals surface area contributed by atoms with E-state index in [1.807, 2.05) is 36.2 Å². The van der Waals surface area contributed by atoms with Crippen molar-refractivity contribution in [2.45, 2.75) is 26.2 Å². The molecule has 2 heterocycles. The fourth-order valence-electron chi connectivity index (χ4n) is 3.83. The molecule has 1 amide bonds. The smallest absolute Gasteiger partial charge is 0.328 e. The lowest BCUT2D eigenvalue weighted by molar-refractivity contribution is -0.134. The Bertz CT molecular complexity index is 1330. The Morgan fingerprint density at radius 1 is 0.895 bits per heavy atom. The molecule has 38 heavy (non-hydrogen) atoms. The molecule has 9 nitrogen and oxygen atoms in total. The lowest BCUT2D eigenvalue weighted by atomic mass is 10.1. The van der Waals surface area contributed by atoms with Crippen molar-refractivity contribution in [2.24, 2.45) is 0 Å². The number of carbonyl (C=O) groups excluding carboxylic acids is 1. The molecule has 0 unspecified atom stereocenters. The number of carboxylic acids is 2. The zero-order valence-corrected chi connectivity index (χ0v) is 22.6. The number of nitrogens with one attached hydrogen (secondary N) is 1. The fraction of sp³-hybridized carbons (Fsp3) is 0.231. The number of rotatable bonds is 6. The van der Waals surface area contributed by atoms with Gasteiger partial charge in [0.2, 0.25) is 0 Å². The molecule has 2 aromatic carbocycles. The Morgan fingerprint density at radius 2 is 1.47 bits per heavy atom. The van der Waals surface area contributed by atoms with E-state index in [-0.39, 0.29) is 5.91 Å². The van der Waals surface area contributed by atoms with Crippen LogP contribution in [0.3, 0.4) is 0 Å². The van der Waals surface area contributed by atoms with Crippen molar-refractivity contribution < 1.29 is 24.6 Å². The molecular weight excluding hydrogens is 555 g/mol. The molecule has 1 aliphatic heterocycles. The summed E-state index contributed by atoms with van der Waals surface area (Å²) < 4.78 is 1.70. The maximum absolute atomic E-state index is 13.1. The number of aliphatic carboxylic acids is 2. The van der Waals surface area contributed by atoms with Gasteiger partial charge in [-0.15, -0.1) is 0 Å². The molecule has 1 saturated heterocycles. The fourth-order valence-corrected chi connectivity index (χ4v) is 4.45. The highest BCUT2D eigenvalue weighted by atomic mass is 35.5. The minimum atomic E-state index is -1.26. The van der Waals surface area contributed by atoms with E-state index in [4.69, 9.17) is 45.0 Å². The number of nitrogens with zero attached hydrogens (tertiary/aromatic N) is 3. The Morgan fingerprint density at radius 3 is 2.03 bits per heavy atom. The second-order valence-corrected chi connectivity index (χ2v) is 9.62. The predicted octanol–water partition coefficient (Wildman–Crippen LogP) is 5.65. The number of benzene rings is 2. The number of hydrogen-bond donors (Lipinski definition) is 3. The summed E-state index contributed by atoms with van der Waals surface area (Å²) in [5, 5.41) is 23.8. The Labute approximate surface area is 234 Å². The van der Waals surface area contributed by atoms with Crippen molar-refractivity contribution in [1.29, 1.82) is 0 Å². The Balaban J connectivity index is 0.000000436. The van der Waals surface area contributed by atoms with Gasteiger partial charge in [-0.25, -0.2) is 19.3 Å². The SMILES string of the molecule is Cc1c(C(=O)NN2CCCCC2)nn(-c2ccc(Cl)cc2Cl)c1-c1ccc(Cl)cc1.O=C(O)/C=C/C(=O)O. The van der Waals surface area contributed by atoms with Crippen molar-refractivity contribution in [3.05, 3.63) is 80.9 Å². The van der Waals surface area contributed by atoms with Crippen LogP contribution < -0.4 is 5.43 Å². The molecule has 1 aliphatic rings. The summed E-state index contributed by atoms with van der Waals surface area (Å²) in [5.74, 6) is -2.74. The van der Waals surface area contributed by atoms with Crippen molar-refractivity contribution in [2.75, 3.05) is 13.1 Å². The van der Waals surface area contributed by atoms with E-state index >= 15 is 0 Å². The number of halogens is 3. The number of hydrogen-bond acceptors (Lipinski definition) is 5. The monoisotopic (exact) mass is 578 g/mol. The van der Waals surface area contributed by atoms with E-state index in [2.05, 4.69) is 10.5 Å². The third-order valence-corrected chi connectivity index (χ3v) is 6.37. The molecule has 0 bridgehead atoms. The molecule has 200 valence electrons. The van der Waals surface area contributed by atoms with Crippen LogP contribution in [0.2, 0.25) is 15.1 Å². The van der Waals surface area contributed by atoms with Gasteiger partial charge in [0.1, 0.15) is 0 Å². The average molecular weight is 580 g/mol. The van der Waals surface area contributed by atoms with Gasteiger partial charge in [-0.05, 0) is 50.1 Å². The van der Waals surface area contributed by atoms with Gasteiger partial charge in [-0.2, -0.15) is 5.10 Å². The van der Waals surface area contributed by atoms with Gasteiger partial charge in [0, 0.05) is 46.4 Å². The Hall–Kier alpha value is -3.37. The normalized spacial score (nSPS) is 13.6. The number of aromatic nitrogens is 2. The summed E-state index contributed by atoms with van der Waals surface area (Å²) in [4.78, 5) is 32.2. The maximum atomic E-state index is 13.1. The van der Waals surface area contributed by atoms with E-state index in [9.17, 15) is 14.4 Å². The van der Waals surface area contributed by atoms with Gasteiger partial charge in [-0.1, -0.05) is 53.4 Å². The third-order valence-electron chi connectivity index (χ3n) is 5.58. The molecule has 12 heteroatoms. The topological polar surface area (TPSA) is 125 Å². The van der Waals surface area contributed by atoms with Crippen LogP contribution >= 0.6 is 34.8 Å². The molecule has 1 fully saturated rings. The van der Waals surface area contributed by atoms with Crippen LogP contribution in [0.25, 0.3) is 16.9 Å². The second kappa shape index (κ2) is 13.4. The van der Waals surface area contributed by atoms with Crippen LogP contribution in [0.4, 0.5) is 0 Å². The molecule has 0 atom stereocenters. The van der Waals surface area contributed by atoms with Crippen LogP contribution in [0.15, 0.2) is 54.6 Å². The summed E-state index contributed by atoms with van der Waals surface area (Å²) in [6, 6.07) is 12.6. The molecule has 0 radical (unpaired) electrons. The molecule has 1 aromatic heterocycles. The summed E-state index contributed by atoms with van der Waals surface area (Å²) in [6.45, 7) is 3.58. The first-order valence-corrected chi connectivity index (χ1v) is 12.7. The van der Waals surface area contributed by atoms with Gasteiger partial charge >= 0.3 is 11.9 Å². The van der Waals surface area contributed by atoms with Crippen LogP contribution in [0, 0.1) is 6.92 Å². The number of piperidine rings is 1. The number of hydrazine groups is 1. The number of carbonyl (C=O) groups is 3. The molecule has 0 aliphatic carbocycles. The van der Waals surface area contributed by atoms with Gasteiger partial charge < -0.3 is 10.2 Å². The molecule has 0 saturated carbocycles. The lowest BCUT2D eigenvalue weighted by Crippen LogP contribution is -2.45. The maximum Gasteiger partial charge on any atom is 0.328 e. The molecule has 3 aromatic rings. The summed E-state index contributed by atoms with van der Waals surface area (Å²) in [6.07, 6.45) is 4.45. The van der Waals surface area contributed by atoms with Gasteiger partial charge in [0.15, 0.2) is 5.69 Å². The molecule has 3 N–H and O–H groups in total. The van der Waals surface area contributed by atoms with Crippen LogP contribution in [0.1, 0.15) is 35.3 Å². The van der Waals surface area contributed by atoms with Crippen molar-refractivity contribution in [3.63, 3.8) is 0 Å². The molecule has 4 rings (SSSR count). The predicted molar refractivity (Wildman–Crippen MR) is 146 cm³/mol. The molecule has 0 spiro atoms. The quantitative estimate of drug-likeness (QED) is 0.322. The second-order valence-electron chi connectivity index (χ2n) is 8.34.